The Labute approximate surface area is 138 Å². The molecule has 0 heterocycles. The van der Waals surface area contributed by atoms with Crippen molar-refractivity contribution in [2.24, 2.45) is 0 Å². The monoisotopic (exact) mass is 365 g/mol. The lowest BCUT2D eigenvalue weighted by molar-refractivity contribution is -0.142. The van der Waals surface area contributed by atoms with Gasteiger partial charge in [0.05, 0.1) is 12.0 Å². The molecular weight excluding hydrogens is 350 g/mol. The predicted octanol–water partition coefficient (Wildman–Crippen LogP) is 1.64. The van der Waals surface area contributed by atoms with E-state index in [4.69, 9.17) is 10.7 Å². The van der Waals surface area contributed by atoms with Crippen molar-refractivity contribution >= 4 is 43.4 Å². The van der Waals surface area contributed by atoms with Gasteiger partial charge in [0.15, 0.2) is 0 Å². The van der Waals surface area contributed by atoms with Crippen LogP contribution in [0.2, 0.25) is 0 Å². The fourth-order valence-corrected chi connectivity index (χ4v) is 2.93. The second-order valence-corrected chi connectivity index (χ2v) is 7.85. The van der Waals surface area contributed by atoms with Gasteiger partial charge in [-0.05, 0) is 36.6 Å². The average Bonchev–Trinajstić information content (AvgIpc) is 2.49. The van der Waals surface area contributed by atoms with Gasteiger partial charge in [-0.25, -0.2) is 13.2 Å². The molecule has 1 aromatic carbocycles. The van der Waals surface area contributed by atoms with E-state index >= 15 is 0 Å². The van der Waals surface area contributed by atoms with Crippen LogP contribution in [0.15, 0.2) is 29.2 Å². The van der Waals surface area contributed by atoms with Crippen LogP contribution in [0.25, 0.3) is 0 Å². The highest BCUT2D eigenvalue weighted by molar-refractivity contribution is 8.13. The molecule has 0 aromatic heterocycles. The third kappa shape index (κ3) is 5.51. The zero-order valence-corrected chi connectivity index (χ0v) is 14.4. The van der Waals surface area contributed by atoms with E-state index in [0.29, 0.717) is 12.2 Å². The fourth-order valence-electron chi connectivity index (χ4n) is 1.66. The molecule has 1 atom stereocenters. The molecule has 122 valence electrons. The molecule has 0 radical (unpaired) electrons. The molecule has 0 fully saturated rings. The molecule has 0 saturated carbocycles. The van der Waals surface area contributed by atoms with E-state index in [2.05, 4.69) is 10.1 Å². The van der Waals surface area contributed by atoms with Crippen LogP contribution < -0.4 is 5.32 Å². The van der Waals surface area contributed by atoms with Gasteiger partial charge in [-0.3, -0.25) is 4.79 Å². The number of halogens is 1. The summed E-state index contributed by atoms with van der Waals surface area (Å²) in [4.78, 5) is 23.6. The summed E-state index contributed by atoms with van der Waals surface area (Å²) in [7, 11) is 2.56. The standard InChI is InChI=1S/C13H16ClNO5S2/c1-20-13(17)11(6-7-21-2)15-12(16)9-4-3-5-10(8-9)22(14,18)19/h3-5,8,11H,6-7H2,1-2H3,(H,15,16). The molecule has 9 heteroatoms. The van der Waals surface area contributed by atoms with Crippen LogP contribution in [-0.2, 0) is 18.6 Å². The minimum Gasteiger partial charge on any atom is -0.467 e. The lowest BCUT2D eigenvalue weighted by Gasteiger charge is -2.16. The third-order valence-electron chi connectivity index (χ3n) is 2.78. The van der Waals surface area contributed by atoms with E-state index in [-0.39, 0.29) is 10.5 Å². The van der Waals surface area contributed by atoms with Crippen molar-refractivity contribution in [3.63, 3.8) is 0 Å². The molecule has 6 nitrogen and oxygen atoms in total. The number of carbonyl (C=O) groups is 2. The molecule has 0 aliphatic rings. The summed E-state index contributed by atoms with van der Waals surface area (Å²) in [5.41, 5.74) is 0.0970. The van der Waals surface area contributed by atoms with E-state index in [1.165, 1.54) is 37.1 Å². The van der Waals surface area contributed by atoms with Gasteiger partial charge in [0, 0.05) is 16.2 Å². The van der Waals surface area contributed by atoms with Crippen molar-refractivity contribution in [1.82, 2.24) is 5.32 Å². The zero-order chi connectivity index (χ0) is 16.8. The van der Waals surface area contributed by atoms with Crippen LogP contribution in [0.4, 0.5) is 0 Å². The predicted molar refractivity (Wildman–Crippen MR) is 85.8 cm³/mol. The molecule has 0 aliphatic heterocycles. The van der Waals surface area contributed by atoms with Crippen molar-refractivity contribution in [2.45, 2.75) is 17.4 Å². The van der Waals surface area contributed by atoms with E-state index in [9.17, 15) is 18.0 Å². The Bertz CT molecular complexity index is 648. The van der Waals surface area contributed by atoms with E-state index < -0.39 is 27.0 Å². The number of ether oxygens (including phenoxy) is 1. The smallest absolute Gasteiger partial charge is 0.328 e. The number of nitrogens with one attached hydrogen (secondary N) is 1. The lowest BCUT2D eigenvalue weighted by Crippen LogP contribution is -2.42. The number of thioether (sulfide) groups is 1. The van der Waals surface area contributed by atoms with Crippen molar-refractivity contribution in [3.8, 4) is 0 Å². The summed E-state index contributed by atoms with van der Waals surface area (Å²) in [5, 5.41) is 2.53. The molecular formula is C13H16ClNO5S2. The maximum absolute atomic E-state index is 12.2. The largest absolute Gasteiger partial charge is 0.467 e. The highest BCUT2D eigenvalue weighted by atomic mass is 35.7. The summed E-state index contributed by atoms with van der Waals surface area (Å²) >= 11 is 1.53. The van der Waals surface area contributed by atoms with Crippen molar-refractivity contribution < 1.29 is 22.7 Å². The summed E-state index contributed by atoms with van der Waals surface area (Å²) in [6.45, 7) is 0. The number of carbonyl (C=O) groups excluding carboxylic acids is 2. The molecule has 1 rings (SSSR count). The number of amides is 1. The van der Waals surface area contributed by atoms with Crippen molar-refractivity contribution in [3.05, 3.63) is 29.8 Å². The normalized spacial score (nSPS) is 12.5. The number of esters is 1. The molecule has 1 amide bonds. The minimum absolute atomic E-state index is 0.0970. The summed E-state index contributed by atoms with van der Waals surface area (Å²) in [6, 6.07) is 4.48. The van der Waals surface area contributed by atoms with Gasteiger partial charge in [0.2, 0.25) is 0 Å². The van der Waals surface area contributed by atoms with Crippen LogP contribution in [0, 0.1) is 0 Å². The molecule has 1 unspecified atom stereocenters. The Hall–Kier alpha value is -1.25. The summed E-state index contributed by atoms with van der Waals surface area (Å²) in [5.74, 6) is -0.460. The molecule has 22 heavy (non-hydrogen) atoms. The van der Waals surface area contributed by atoms with Crippen molar-refractivity contribution in [1.29, 1.82) is 0 Å². The van der Waals surface area contributed by atoms with Gasteiger partial charge < -0.3 is 10.1 Å². The van der Waals surface area contributed by atoms with Crippen LogP contribution in [0.5, 0.6) is 0 Å². The molecule has 0 saturated heterocycles. The maximum Gasteiger partial charge on any atom is 0.328 e. The molecule has 0 aliphatic carbocycles. The van der Waals surface area contributed by atoms with Gasteiger partial charge >= 0.3 is 5.97 Å². The van der Waals surface area contributed by atoms with Crippen LogP contribution in [0.1, 0.15) is 16.8 Å². The number of benzene rings is 1. The number of rotatable bonds is 7. The summed E-state index contributed by atoms with van der Waals surface area (Å²) < 4.78 is 27.2. The highest BCUT2D eigenvalue weighted by Crippen LogP contribution is 2.16. The highest BCUT2D eigenvalue weighted by Gasteiger charge is 2.22. The molecule has 0 bridgehead atoms. The number of hydrogen-bond donors (Lipinski definition) is 1. The number of methoxy groups -OCH3 is 1. The first-order valence-electron chi connectivity index (χ1n) is 6.22. The van der Waals surface area contributed by atoms with E-state index in [1.54, 1.807) is 0 Å². The van der Waals surface area contributed by atoms with Crippen LogP contribution in [-0.4, -0.2) is 45.5 Å². The second-order valence-electron chi connectivity index (χ2n) is 4.30. The first-order valence-corrected chi connectivity index (χ1v) is 9.92. The zero-order valence-electron chi connectivity index (χ0n) is 12.0. The second kappa shape index (κ2) is 8.40. The van der Waals surface area contributed by atoms with Gasteiger partial charge in [-0.15, -0.1) is 0 Å². The Kier molecular flexibility index (Phi) is 7.18. The van der Waals surface area contributed by atoms with Gasteiger partial charge in [0.25, 0.3) is 15.0 Å². The Balaban J connectivity index is 2.92. The molecule has 1 N–H and O–H groups in total. The Morgan fingerprint density at radius 2 is 2.09 bits per heavy atom. The average molecular weight is 366 g/mol. The van der Waals surface area contributed by atoms with E-state index in [1.807, 2.05) is 6.26 Å². The van der Waals surface area contributed by atoms with Gasteiger partial charge in [0.1, 0.15) is 6.04 Å². The third-order valence-corrected chi connectivity index (χ3v) is 4.77. The van der Waals surface area contributed by atoms with Gasteiger partial charge in [-0.2, -0.15) is 11.8 Å². The Morgan fingerprint density at radius 3 is 2.64 bits per heavy atom. The lowest BCUT2D eigenvalue weighted by atomic mass is 10.1. The molecule has 1 aromatic rings. The maximum atomic E-state index is 12.2. The quantitative estimate of drug-likeness (QED) is 0.583. The minimum atomic E-state index is -3.93. The first-order chi connectivity index (χ1) is 10.3. The fraction of sp³-hybridized carbons (Fsp3) is 0.385. The van der Waals surface area contributed by atoms with Gasteiger partial charge in [-0.1, -0.05) is 6.07 Å². The first kappa shape index (κ1) is 18.8. The SMILES string of the molecule is COC(=O)C(CCSC)NC(=O)c1cccc(S(=O)(=O)Cl)c1. The van der Waals surface area contributed by atoms with Crippen LogP contribution >= 0.6 is 22.4 Å². The van der Waals surface area contributed by atoms with Crippen molar-refractivity contribution in [2.75, 3.05) is 19.1 Å². The number of hydrogen-bond acceptors (Lipinski definition) is 6. The Morgan fingerprint density at radius 1 is 1.41 bits per heavy atom. The molecule has 0 spiro atoms. The topological polar surface area (TPSA) is 89.5 Å². The van der Waals surface area contributed by atoms with E-state index in [0.717, 1.165) is 6.07 Å². The van der Waals surface area contributed by atoms with Crippen LogP contribution in [0.3, 0.4) is 0 Å². The summed E-state index contributed by atoms with van der Waals surface area (Å²) in [6.07, 6.45) is 2.29.